The number of halogens is 2. The molecule has 9 heteroatoms. The molecular formula is C10H21Cl2N2O4P. The largest absolute Gasteiger partial charge is 0.348 e. The Kier molecular flexibility index (Phi) is 7.04. The minimum absolute atomic E-state index is 0.109. The van der Waals surface area contributed by atoms with Crippen LogP contribution in [0.3, 0.4) is 0 Å². The summed E-state index contributed by atoms with van der Waals surface area (Å²) in [7, 11) is -3.40. The molecule has 1 heterocycles. The van der Waals surface area contributed by atoms with Crippen LogP contribution in [0, 0.1) is 0 Å². The van der Waals surface area contributed by atoms with E-state index >= 15 is 0 Å². The second kappa shape index (κ2) is 7.57. The summed E-state index contributed by atoms with van der Waals surface area (Å²) in [5.41, 5.74) is 5.72. The molecular weight excluding hydrogens is 314 g/mol. The molecule has 0 spiro atoms. The van der Waals surface area contributed by atoms with Crippen LogP contribution in [0.1, 0.15) is 13.8 Å². The lowest BCUT2D eigenvalue weighted by Crippen LogP contribution is -2.31. The number of alkyl halides is 2. The van der Waals surface area contributed by atoms with Gasteiger partial charge in [0.15, 0.2) is 5.79 Å². The van der Waals surface area contributed by atoms with Gasteiger partial charge >= 0.3 is 7.67 Å². The van der Waals surface area contributed by atoms with Crippen LogP contribution in [0.15, 0.2) is 0 Å². The van der Waals surface area contributed by atoms with Crippen molar-refractivity contribution in [2.45, 2.75) is 25.7 Å². The van der Waals surface area contributed by atoms with Gasteiger partial charge in [0.25, 0.3) is 0 Å². The number of nitrogens with zero attached hydrogens (tertiary/aromatic N) is 1. The van der Waals surface area contributed by atoms with Gasteiger partial charge in [0.2, 0.25) is 0 Å². The number of hydrogen-bond acceptors (Lipinski definition) is 4. The predicted octanol–water partition coefficient (Wildman–Crippen LogP) is 2.00. The predicted molar refractivity (Wildman–Crippen MR) is 75.7 cm³/mol. The molecule has 1 rings (SSSR count). The van der Waals surface area contributed by atoms with E-state index in [9.17, 15) is 4.57 Å². The highest BCUT2D eigenvalue weighted by Crippen LogP contribution is 2.42. The molecule has 0 aromatic rings. The second-order valence-corrected chi connectivity index (χ2v) is 7.35. The second-order valence-electron chi connectivity index (χ2n) is 4.64. The highest BCUT2D eigenvalue weighted by atomic mass is 35.5. The molecule has 0 saturated carbocycles. The Labute approximate surface area is 124 Å². The van der Waals surface area contributed by atoms with Gasteiger partial charge in [0.05, 0.1) is 13.2 Å². The van der Waals surface area contributed by atoms with Gasteiger partial charge in [-0.2, -0.15) is 0 Å². The molecule has 1 aliphatic heterocycles. The minimum atomic E-state index is -3.40. The molecule has 0 bridgehead atoms. The average molecular weight is 335 g/mol. The van der Waals surface area contributed by atoms with Crippen LogP contribution >= 0.6 is 30.9 Å². The van der Waals surface area contributed by atoms with Gasteiger partial charge in [-0.15, -0.1) is 23.2 Å². The Hall–Kier alpha value is 0.610. The van der Waals surface area contributed by atoms with Gasteiger partial charge in [-0.1, -0.05) is 0 Å². The van der Waals surface area contributed by atoms with E-state index in [4.69, 9.17) is 42.7 Å². The molecule has 1 fully saturated rings. The fourth-order valence-corrected chi connectivity index (χ4v) is 3.65. The first-order valence-electron chi connectivity index (χ1n) is 6.03. The highest BCUT2D eigenvalue weighted by Gasteiger charge is 2.35. The quantitative estimate of drug-likeness (QED) is 0.540. The summed E-state index contributed by atoms with van der Waals surface area (Å²) in [4.78, 5) is 0. The lowest BCUT2D eigenvalue weighted by molar-refractivity contribution is -0.141. The SMILES string of the molecule is CC1(C)OC[C@H](CO[P@@](N)(=O)N(CCCl)CCCl)O1. The standard InChI is InChI=1S/C10H21Cl2N2O4P/c1-10(2)16-7-9(18-10)8-17-19(13,15)14(5-3-11)6-4-12/h9H,3-8H2,1-2H3,(H2,13,15)/t9-,19-/m1/s1. The molecule has 1 aliphatic rings. The fourth-order valence-electron chi connectivity index (χ4n) is 1.70. The maximum Gasteiger partial charge on any atom is 0.340 e. The molecule has 6 nitrogen and oxygen atoms in total. The third-order valence-corrected chi connectivity index (χ3v) is 4.64. The zero-order chi connectivity index (χ0) is 14.5. The summed E-state index contributed by atoms with van der Waals surface area (Å²) >= 11 is 11.3. The van der Waals surface area contributed by atoms with E-state index in [1.165, 1.54) is 4.67 Å². The van der Waals surface area contributed by atoms with Crippen molar-refractivity contribution in [1.82, 2.24) is 4.67 Å². The Morgan fingerprint density at radius 3 is 2.42 bits per heavy atom. The maximum atomic E-state index is 12.3. The Morgan fingerprint density at radius 2 is 2.00 bits per heavy atom. The van der Waals surface area contributed by atoms with Gasteiger partial charge in [-0.3, -0.25) is 4.57 Å². The zero-order valence-electron chi connectivity index (χ0n) is 11.2. The summed E-state index contributed by atoms with van der Waals surface area (Å²) in [6, 6.07) is 0. The first-order chi connectivity index (χ1) is 8.80. The Balaban J connectivity index is 2.47. The highest BCUT2D eigenvalue weighted by molar-refractivity contribution is 7.53. The molecule has 0 aromatic carbocycles. The molecule has 0 unspecified atom stereocenters. The lowest BCUT2D eigenvalue weighted by atomic mass is 10.4. The summed E-state index contributed by atoms with van der Waals surface area (Å²) in [5, 5.41) is 0. The average Bonchev–Trinajstić information content (AvgIpc) is 2.66. The molecule has 2 N–H and O–H groups in total. The first kappa shape index (κ1) is 17.7. The molecule has 1 saturated heterocycles. The van der Waals surface area contributed by atoms with Crippen LogP contribution < -0.4 is 5.50 Å². The first-order valence-corrected chi connectivity index (χ1v) is 8.74. The van der Waals surface area contributed by atoms with Crippen LogP contribution in [0.4, 0.5) is 0 Å². The van der Waals surface area contributed by atoms with Gasteiger partial charge in [-0.05, 0) is 13.8 Å². The monoisotopic (exact) mass is 334 g/mol. The van der Waals surface area contributed by atoms with Crippen molar-refractivity contribution < 1.29 is 18.6 Å². The number of rotatable bonds is 8. The minimum Gasteiger partial charge on any atom is -0.348 e. The van der Waals surface area contributed by atoms with Crippen molar-refractivity contribution in [2.75, 3.05) is 38.1 Å². The number of hydrogen-bond donors (Lipinski definition) is 1. The van der Waals surface area contributed by atoms with E-state index < -0.39 is 13.5 Å². The van der Waals surface area contributed by atoms with E-state index in [2.05, 4.69) is 0 Å². The Bertz CT molecular complexity index is 327. The van der Waals surface area contributed by atoms with Crippen molar-refractivity contribution in [1.29, 1.82) is 0 Å². The number of nitrogens with two attached hydrogens (primary N) is 1. The molecule has 0 aromatic heterocycles. The van der Waals surface area contributed by atoms with Gasteiger partial charge < -0.3 is 14.0 Å². The Morgan fingerprint density at radius 1 is 1.42 bits per heavy atom. The summed E-state index contributed by atoms with van der Waals surface area (Å²) < 4.78 is 30.0. The topological polar surface area (TPSA) is 74.0 Å². The van der Waals surface area contributed by atoms with Crippen LogP contribution in [-0.2, 0) is 18.6 Å². The third-order valence-electron chi connectivity index (χ3n) is 2.59. The van der Waals surface area contributed by atoms with Crippen LogP contribution in [0.5, 0.6) is 0 Å². The van der Waals surface area contributed by atoms with Crippen LogP contribution in [0.2, 0.25) is 0 Å². The smallest absolute Gasteiger partial charge is 0.340 e. The normalized spacial score (nSPS) is 25.7. The zero-order valence-corrected chi connectivity index (χ0v) is 13.6. The van der Waals surface area contributed by atoms with E-state index in [-0.39, 0.29) is 12.7 Å². The summed E-state index contributed by atoms with van der Waals surface area (Å²) in [6.45, 7) is 4.83. The molecule has 19 heavy (non-hydrogen) atoms. The van der Waals surface area contributed by atoms with E-state index in [0.29, 0.717) is 31.5 Å². The molecule has 0 amide bonds. The van der Waals surface area contributed by atoms with Gasteiger partial charge in [0, 0.05) is 24.8 Å². The van der Waals surface area contributed by atoms with Crippen molar-refractivity contribution >= 4 is 30.9 Å². The maximum absolute atomic E-state index is 12.3. The van der Waals surface area contributed by atoms with E-state index in [1.807, 2.05) is 13.8 Å². The van der Waals surface area contributed by atoms with Crippen molar-refractivity contribution in [3.8, 4) is 0 Å². The van der Waals surface area contributed by atoms with Gasteiger partial charge in [-0.25, -0.2) is 10.2 Å². The van der Waals surface area contributed by atoms with Crippen molar-refractivity contribution in [2.24, 2.45) is 5.50 Å². The number of ether oxygens (including phenoxy) is 2. The van der Waals surface area contributed by atoms with Gasteiger partial charge in [0.1, 0.15) is 6.10 Å². The van der Waals surface area contributed by atoms with Crippen molar-refractivity contribution in [3.63, 3.8) is 0 Å². The molecule has 2 atom stereocenters. The van der Waals surface area contributed by atoms with Crippen molar-refractivity contribution in [3.05, 3.63) is 0 Å². The molecule has 114 valence electrons. The van der Waals surface area contributed by atoms with Crippen LogP contribution in [0.25, 0.3) is 0 Å². The van der Waals surface area contributed by atoms with E-state index in [0.717, 1.165) is 0 Å². The summed E-state index contributed by atoms with van der Waals surface area (Å²) in [6.07, 6.45) is -0.277. The third kappa shape index (κ3) is 5.86. The fraction of sp³-hybridized carbons (Fsp3) is 1.00. The summed E-state index contributed by atoms with van der Waals surface area (Å²) in [5.74, 6) is -0.0341. The molecule has 0 aliphatic carbocycles. The van der Waals surface area contributed by atoms with E-state index in [1.54, 1.807) is 0 Å². The lowest BCUT2D eigenvalue weighted by Gasteiger charge is -2.27. The molecule has 0 radical (unpaired) electrons. The van der Waals surface area contributed by atoms with Crippen LogP contribution in [-0.4, -0.2) is 54.6 Å².